The quantitative estimate of drug-likeness (QED) is 0.199. The highest BCUT2D eigenvalue weighted by Crippen LogP contribution is 2.31. The average molecular weight is 276 g/mol. The number of carbonyl (C=O) groups excluding carboxylic acids is 1. The van der Waals surface area contributed by atoms with Crippen molar-refractivity contribution in [3.63, 3.8) is 0 Å². The molecule has 0 aliphatic carbocycles. The Labute approximate surface area is 117 Å². The summed E-state index contributed by atoms with van der Waals surface area (Å²) in [5, 5.41) is 10.9. The van der Waals surface area contributed by atoms with Crippen LogP contribution < -0.4 is 9.64 Å². The number of nitrogens with zero attached hydrogens (tertiary/aromatic N) is 2. The lowest BCUT2D eigenvalue weighted by molar-refractivity contribution is -0.385. The molecule has 1 aromatic rings. The predicted octanol–water partition coefficient (Wildman–Crippen LogP) is 2.70. The molecule has 0 bridgehead atoms. The molecule has 0 radical (unpaired) electrons. The number of nitro groups is 1. The van der Waals surface area contributed by atoms with Gasteiger partial charge in [-0.05, 0) is 13.0 Å². The number of carbonyl (C=O) groups is 1. The summed E-state index contributed by atoms with van der Waals surface area (Å²) in [6.45, 7) is 9.10. The Morgan fingerprint density at radius 3 is 2.70 bits per heavy atom. The Bertz CT molecular complexity index is 566. The van der Waals surface area contributed by atoms with E-state index >= 15 is 0 Å². The van der Waals surface area contributed by atoms with Crippen LogP contribution in [0.4, 0.5) is 11.4 Å². The lowest BCUT2D eigenvalue weighted by Crippen LogP contribution is -2.17. The molecule has 0 amide bonds. The van der Waals surface area contributed by atoms with E-state index in [4.69, 9.17) is 4.74 Å². The molecule has 0 heterocycles. The first-order valence-corrected chi connectivity index (χ1v) is 5.85. The minimum absolute atomic E-state index is 0.101. The van der Waals surface area contributed by atoms with Crippen LogP contribution in [0.3, 0.4) is 0 Å². The van der Waals surface area contributed by atoms with E-state index in [2.05, 4.69) is 13.2 Å². The highest BCUT2D eigenvalue weighted by atomic mass is 16.6. The molecule has 20 heavy (non-hydrogen) atoms. The van der Waals surface area contributed by atoms with Crippen molar-refractivity contribution < 1.29 is 14.5 Å². The van der Waals surface area contributed by atoms with Crippen molar-refractivity contribution in [3.8, 4) is 5.75 Å². The average Bonchev–Trinajstić information content (AvgIpc) is 2.38. The molecule has 0 aromatic heterocycles. The highest BCUT2D eigenvalue weighted by Gasteiger charge is 2.19. The Morgan fingerprint density at radius 2 is 2.20 bits per heavy atom. The normalized spacial score (nSPS) is 9.70. The molecule has 6 heteroatoms. The van der Waals surface area contributed by atoms with Crippen molar-refractivity contribution in [2.24, 2.45) is 0 Å². The van der Waals surface area contributed by atoms with Crippen molar-refractivity contribution in [2.75, 3.05) is 18.5 Å². The number of hydrogen-bond donors (Lipinski definition) is 0. The van der Waals surface area contributed by atoms with Crippen LogP contribution in [-0.4, -0.2) is 24.5 Å². The number of ether oxygens (including phenoxy) is 1. The Morgan fingerprint density at radius 1 is 1.55 bits per heavy atom. The van der Waals surface area contributed by atoms with Gasteiger partial charge in [0.25, 0.3) is 0 Å². The fraction of sp³-hybridized carbons (Fsp3) is 0.214. The number of esters is 1. The number of benzene rings is 1. The van der Waals surface area contributed by atoms with Gasteiger partial charge in [-0.3, -0.25) is 10.1 Å². The number of nitro benzene ring substituents is 1. The zero-order valence-corrected chi connectivity index (χ0v) is 11.5. The number of hydrogen-bond acceptors (Lipinski definition) is 5. The summed E-state index contributed by atoms with van der Waals surface area (Å²) < 4.78 is 5.00. The van der Waals surface area contributed by atoms with E-state index in [0.29, 0.717) is 12.2 Å². The van der Waals surface area contributed by atoms with Crippen molar-refractivity contribution in [2.45, 2.75) is 6.92 Å². The maximum absolute atomic E-state index is 11.5. The maximum atomic E-state index is 11.5. The van der Waals surface area contributed by atoms with Crippen molar-refractivity contribution in [3.05, 3.63) is 53.1 Å². The van der Waals surface area contributed by atoms with Crippen LogP contribution in [-0.2, 0) is 4.79 Å². The van der Waals surface area contributed by atoms with Crippen LogP contribution in [0, 0.1) is 10.1 Å². The number of likely N-dealkylation sites (N-methyl/N-ethyl adjacent to an activating group) is 1. The lowest BCUT2D eigenvalue weighted by Gasteiger charge is -2.17. The third kappa shape index (κ3) is 3.68. The first kappa shape index (κ1) is 15.4. The van der Waals surface area contributed by atoms with Crippen LogP contribution in [0.15, 0.2) is 43.0 Å². The van der Waals surface area contributed by atoms with Gasteiger partial charge < -0.3 is 9.64 Å². The summed E-state index contributed by atoms with van der Waals surface area (Å²) in [5.41, 5.74) is 0.583. The van der Waals surface area contributed by atoms with E-state index in [1.807, 2.05) is 4.90 Å². The van der Waals surface area contributed by atoms with Crippen molar-refractivity contribution >= 4 is 17.3 Å². The molecule has 1 rings (SSSR count). The summed E-state index contributed by atoms with van der Waals surface area (Å²) in [5.74, 6) is -0.798. The van der Waals surface area contributed by atoms with Gasteiger partial charge >= 0.3 is 11.7 Å². The topological polar surface area (TPSA) is 72.7 Å². The molecule has 0 N–H and O–H groups in total. The molecule has 0 aliphatic heterocycles. The minimum atomic E-state index is -0.698. The van der Waals surface area contributed by atoms with Gasteiger partial charge in [0.1, 0.15) is 0 Å². The maximum Gasteiger partial charge on any atom is 0.338 e. The summed E-state index contributed by atoms with van der Waals surface area (Å²) in [4.78, 5) is 23.7. The largest absolute Gasteiger partial charge is 0.416 e. The zero-order valence-electron chi connectivity index (χ0n) is 11.5. The van der Waals surface area contributed by atoms with Crippen LogP contribution >= 0.6 is 0 Å². The second kappa shape index (κ2) is 6.51. The van der Waals surface area contributed by atoms with Crippen LogP contribution in [0.2, 0.25) is 0 Å². The van der Waals surface area contributed by atoms with Crippen LogP contribution in [0.25, 0.3) is 0 Å². The van der Waals surface area contributed by atoms with E-state index < -0.39 is 10.9 Å². The van der Waals surface area contributed by atoms with Gasteiger partial charge in [0.2, 0.25) is 5.75 Å². The standard InChI is InChI=1S/C14H16N2O4/c1-5-8-15(4)11-6-7-12(16(18)19)13(9-11)20-14(17)10(2)3/h5-7,9H,1-2,8H2,3-4H3. The summed E-state index contributed by atoms with van der Waals surface area (Å²) in [6.07, 6.45) is 1.70. The molecule has 106 valence electrons. The minimum Gasteiger partial charge on any atom is -0.416 e. The van der Waals surface area contributed by atoms with Gasteiger partial charge in [-0.2, -0.15) is 0 Å². The first-order chi connectivity index (χ1) is 9.36. The lowest BCUT2D eigenvalue weighted by atomic mass is 10.2. The third-order valence-electron chi connectivity index (χ3n) is 2.53. The second-order valence-corrected chi connectivity index (χ2v) is 4.25. The third-order valence-corrected chi connectivity index (χ3v) is 2.53. The fourth-order valence-corrected chi connectivity index (χ4v) is 1.46. The Balaban J connectivity index is 3.18. The van der Waals surface area contributed by atoms with Crippen molar-refractivity contribution in [1.82, 2.24) is 0 Å². The van der Waals surface area contributed by atoms with Gasteiger partial charge in [-0.15, -0.1) is 6.58 Å². The SMILES string of the molecule is C=CCN(C)c1ccc([N+](=O)[O-])c(OC(=O)C(=C)C)c1. The van der Waals surface area contributed by atoms with Crippen molar-refractivity contribution in [1.29, 1.82) is 0 Å². The molecule has 6 nitrogen and oxygen atoms in total. The molecule has 0 unspecified atom stereocenters. The van der Waals surface area contributed by atoms with E-state index in [9.17, 15) is 14.9 Å². The smallest absolute Gasteiger partial charge is 0.338 e. The number of rotatable bonds is 6. The second-order valence-electron chi connectivity index (χ2n) is 4.25. The van der Waals surface area contributed by atoms with Gasteiger partial charge in [0, 0.05) is 37.0 Å². The molecular formula is C14H16N2O4. The molecule has 0 fully saturated rings. The molecule has 0 spiro atoms. The van der Waals surface area contributed by atoms with E-state index in [0.717, 1.165) is 0 Å². The highest BCUT2D eigenvalue weighted by molar-refractivity contribution is 5.89. The van der Waals surface area contributed by atoms with Gasteiger partial charge in [-0.25, -0.2) is 4.79 Å². The molecule has 1 aromatic carbocycles. The van der Waals surface area contributed by atoms with E-state index in [1.54, 1.807) is 19.2 Å². The summed E-state index contributed by atoms with van der Waals surface area (Å²) in [7, 11) is 1.80. The fourth-order valence-electron chi connectivity index (χ4n) is 1.46. The molecular weight excluding hydrogens is 260 g/mol. The zero-order chi connectivity index (χ0) is 15.3. The van der Waals surface area contributed by atoms with Crippen LogP contribution in [0.1, 0.15) is 6.92 Å². The Kier molecular flexibility index (Phi) is 5.02. The first-order valence-electron chi connectivity index (χ1n) is 5.85. The summed E-state index contributed by atoms with van der Waals surface area (Å²) in [6, 6.07) is 4.33. The van der Waals surface area contributed by atoms with E-state index in [-0.39, 0.29) is 17.0 Å². The van der Waals surface area contributed by atoms with Crippen LogP contribution in [0.5, 0.6) is 5.75 Å². The van der Waals surface area contributed by atoms with Gasteiger partial charge in [-0.1, -0.05) is 12.7 Å². The monoisotopic (exact) mass is 276 g/mol. The number of anilines is 1. The van der Waals surface area contributed by atoms with Gasteiger partial charge in [0.05, 0.1) is 4.92 Å². The summed E-state index contributed by atoms with van der Waals surface area (Å²) >= 11 is 0. The molecule has 0 aliphatic rings. The predicted molar refractivity (Wildman–Crippen MR) is 77.0 cm³/mol. The molecule has 0 atom stereocenters. The Hall–Kier alpha value is -2.63. The molecule has 0 saturated carbocycles. The molecule has 0 saturated heterocycles. The van der Waals surface area contributed by atoms with Gasteiger partial charge in [0.15, 0.2) is 0 Å². The van der Waals surface area contributed by atoms with E-state index in [1.165, 1.54) is 19.1 Å².